The van der Waals surface area contributed by atoms with Crippen LogP contribution >= 0.6 is 31.9 Å². The van der Waals surface area contributed by atoms with Gasteiger partial charge in [0, 0.05) is 10.9 Å². The molecule has 1 aromatic carbocycles. The summed E-state index contributed by atoms with van der Waals surface area (Å²) in [7, 11) is 0. The van der Waals surface area contributed by atoms with Gasteiger partial charge >= 0.3 is 5.97 Å². The third-order valence-electron chi connectivity index (χ3n) is 2.21. The fourth-order valence-corrected chi connectivity index (χ4v) is 2.45. The summed E-state index contributed by atoms with van der Waals surface area (Å²) >= 11 is 6.58. The molecule has 0 spiro atoms. The van der Waals surface area contributed by atoms with E-state index in [1.54, 1.807) is 18.2 Å². The predicted molar refractivity (Wildman–Crippen MR) is 80.4 cm³/mol. The first-order chi connectivity index (χ1) is 9.43. The molecule has 0 aliphatic rings. The van der Waals surface area contributed by atoms with Crippen LogP contribution in [-0.4, -0.2) is 29.6 Å². The van der Waals surface area contributed by atoms with E-state index in [0.29, 0.717) is 10.2 Å². The van der Waals surface area contributed by atoms with Crippen LogP contribution in [0.3, 0.4) is 0 Å². The van der Waals surface area contributed by atoms with E-state index in [1.807, 2.05) is 0 Å². The quantitative estimate of drug-likeness (QED) is 0.712. The van der Waals surface area contributed by atoms with Gasteiger partial charge in [-0.25, -0.2) is 4.79 Å². The van der Waals surface area contributed by atoms with E-state index >= 15 is 0 Å². The van der Waals surface area contributed by atoms with Crippen molar-refractivity contribution in [3.8, 4) is 18.1 Å². The standard InChI is InChI=1S/C13H11Br2NO4/c1-2-3-10(13(18)19)16-12(17)7-20-11-5-4-8(14)6-9(11)15/h1,4-6,10H,3,7H2,(H,16,17)(H,18,19). The summed E-state index contributed by atoms with van der Waals surface area (Å²) in [4.78, 5) is 22.4. The molecule has 0 radical (unpaired) electrons. The normalized spacial score (nSPS) is 11.2. The van der Waals surface area contributed by atoms with Gasteiger partial charge < -0.3 is 15.2 Å². The Morgan fingerprint density at radius 2 is 2.15 bits per heavy atom. The van der Waals surface area contributed by atoms with E-state index in [9.17, 15) is 9.59 Å². The number of carboxylic acids is 1. The molecule has 0 aromatic heterocycles. The molecule has 0 aliphatic carbocycles. The van der Waals surface area contributed by atoms with Gasteiger partial charge in [-0.2, -0.15) is 0 Å². The maximum Gasteiger partial charge on any atom is 0.327 e. The number of ether oxygens (including phenoxy) is 1. The highest BCUT2D eigenvalue weighted by molar-refractivity contribution is 9.11. The summed E-state index contributed by atoms with van der Waals surface area (Å²) in [5.41, 5.74) is 0. The molecule has 0 aliphatic heterocycles. The largest absolute Gasteiger partial charge is 0.483 e. The van der Waals surface area contributed by atoms with Crippen LogP contribution in [0.5, 0.6) is 5.75 Å². The Balaban J connectivity index is 2.55. The van der Waals surface area contributed by atoms with Crippen molar-refractivity contribution < 1.29 is 19.4 Å². The molecule has 2 N–H and O–H groups in total. The SMILES string of the molecule is C#CCC(NC(=O)COc1ccc(Br)cc1Br)C(=O)O. The highest BCUT2D eigenvalue weighted by Gasteiger charge is 2.19. The van der Waals surface area contributed by atoms with Crippen molar-refractivity contribution in [3.63, 3.8) is 0 Å². The summed E-state index contributed by atoms with van der Waals surface area (Å²) in [6.45, 7) is -0.297. The summed E-state index contributed by atoms with van der Waals surface area (Å²) < 4.78 is 6.83. The predicted octanol–water partition coefficient (Wildman–Crippen LogP) is 2.18. The molecule has 0 bridgehead atoms. The summed E-state index contributed by atoms with van der Waals surface area (Å²) in [6, 6.07) is 4.10. The Morgan fingerprint density at radius 1 is 1.45 bits per heavy atom. The zero-order chi connectivity index (χ0) is 15.1. The van der Waals surface area contributed by atoms with Gasteiger partial charge in [-0.3, -0.25) is 4.79 Å². The lowest BCUT2D eigenvalue weighted by molar-refractivity contribution is -0.141. The maximum absolute atomic E-state index is 11.6. The topological polar surface area (TPSA) is 75.6 Å². The van der Waals surface area contributed by atoms with E-state index in [2.05, 4.69) is 43.1 Å². The summed E-state index contributed by atoms with van der Waals surface area (Å²) in [5.74, 6) is 0.941. The minimum atomic E-state index is -1.18. The number of aliphatic carboxylic acids is 1. The summed E-state index contributed by atoms with van der Waals surface area (Å²) in [5, 5.41) is 11.1. The molecule has 1 amide bonds. The zero-order valence-corrected chi connectivity index (χ0v) is 13.4. The van der Waals surface area contributed by atoms with Crippen molar-refractivity contribution >= 4 is 43.7 Å². The van der Waals surface area contributed by atoms with Gasteiger partial charge in [0.15, 0.2) is 6.61 Å². The second kappa shape index (κ2) is 7.92. The van der Waals surface area contributed by atoms with Gasteiger partial charge in [0.25, 0.3) is 5.91 Å². The molecule has 20 heavy (non-hydrogen) atoms. The molecule has 1 rings (SSSR count). The molecule has 5 nitrogen and oxygen atoms in total. The lowest BCUT2D eigenvalue weighted by atomic mass is 10.2. The lowest BCUT2D eigenvalue weighted by Crippen LogP contribution is -2.42. The third-order valence-corrected chi connectivity index (χ3v) is 3.32. The van der Waals surface area contributed by atoms with Crippen LogP contribution in [0.4, 0.5) is 0 Å². The first-order valence-electron chi connectivity index (χ1n) is 5.47. The fraction of sp³-hybridized carbons (Fsp3) is 0.231. The smallest absolute Gasteiger partial charge is 0.327 e. The monoisotopic (exact) mass is 403 g/mol. The average Bonchev–Trinajstić information content (AvgIpc) is 2.37. The second-order valence-electron chi connectivity index (χ2n) is 3.73. The van der Waals surface area contributed by atoms with Gasteiger partial charge in [0.05, 0.1) is 4.47 Å². The Kier molecular flexibility index (Phi) is 6.55. The van der Waals surface area contributed by atoms with Crippen molar-refractivity contribution in [1.82, 2.24) is 5.32 Å². The number of carboxylic acid groups (broad SMARTS) is 1. The highest BCUT2D eigenvalue weighted by Crippen LogP contribution is 2.28. The first kappa shape index (κ1) is 16.5. The molecule has 1 unspecified atom stereocenters. The number of hydrogen-bond acceptors (Lipinski definition) is 3. The number of terminal acetylenes is 1. The molecule has 7 heteroatoms. The van der Waals surface area contributed by atoms with Crippen LogP contribution in [0.15, 0.2) is 27.1 Å². The van der Waals surface area contributed by atoms with Crippen molar-refractivity contribution in [2.24, 2.45) is 0 Å². The molecular formula is C13H11Br2NO4. The van der Waals surface area contributed by atoms with Crippen molar-refractivity contribution in [1.29, 1.82) is 0 Å². The van der Waals surface area contributed by atoms with E-state index in [0.717, 1.165) is 4.47 Å². The van der Waals surface area contributed by atoms with Gasteiger partial charge in [0.2, 0.25) is 0 Å². The van der Waals surface area contributed by atoms with E-state index < -0.39 is 17.9 Å². The minimum Gasteiger partial charge on any atom is -0.483 e. The number of carbonyl (C=O) groups is 2. The molecule has 0 saturated carbocycles. The van der Waals surface area contributed by atoms with Crippen LogP contribution in [0.1, 0.15) is 6.42 Å². The Labute approximate surface area is 133 Å². The zero-order valence-electron chi connectivity index (χ0n) is 10.2. The fourth-order valence-electron chi connectivity index (χ4n) is 1.29. The average molecular weight is 405 g/mol. The molecule has 0 heterocycles. The number of halogens is 2. The molecular weight excluding hydrogens is 394 g/mol. The second-order valence-corrected chi connectivity index (χ2v) is 5.50. The third kappa shape index (κ3) is 5.23. The van der Waals surface area contributed by atoms with Gasteiger partial charge in [-0.15, -0.1) is 12.3 Å². The van der Waals surface area contributed by atoms with Crippen LogP contribution in [0.25, 0.3) is 0 Å². The first-order valence-corrected chi connectivity index (χ1v) is 7.06. The van der Waals surface area contributed by atoms with Gasteiger partial charge in [-0.1, -0.05) is 15.9 Å². The van der Waals surface area contributed by atoms with E-state index in [4.69, 9.17) is 16.3 Å². The Hall–Kier alpha value is -1.52. The number of nitrogens with one attached hydrogen (secondary N) is 1. The highest BCUT2D eigenvalue weighted by atomic mass is 79.9. The number of hydrogen-bond donors (Lipinski definition) is 2. The number of benzene rings is 1. The molecule has 106 valence electrons. The van der Waals surface area contributed by atoms with E-state index in [-0.39, 0.29) is 13.0 Å². The van der Waals surface area contributed by atoms with Crippen molar-refractivity contribution in [2.75, 3.05) is 6.61 Å². The number of amides is 1. The van der Waals surface area contributed by atoms with Crippen LogP contribution in [0, 0.1) is 12.3 Å². The van der Waals surface area contributed by atoms with Crippen LogP contribution in [-0.2, 0) is 9.59 Å². The molecule has 0 fully saturated rings. The van der Waals surface area contributed by atoms with Gasteiger partial charge in [-0.05, 0) is 34.1 Å². The van der Waals surface area contributed by atoms with Crippen LogP contribution < -0.4 is 10.1 Å². The van der Waals surface area contributed by atoms with Crippen molar-refractivity contribution in [2.45, 2.75) is 12.5 Å². The van der Waals surface area contributed by atoms with Gasteiger partial charge in [0.1, 0.15) is 11.8 Å². The number of carbonyl (C=O) groups excluding carboxylic acids is 1. The van der Waals surface area contributed by atoms with E-state index in [1.165, 1.54) is 0 Å². The molecule has 0 saturated heterocycles. The minimum absolute atomic E-state index is 0.0803. The molecule has 1 aromatic rings. The van der Waals surface area contributed by atoms with Crippen molar-refractivity contribution in [3.05, 3.63) is 27.1 Å². The lowest BCUT2D eigenvalue weighted by Gasteiger charge is -2.13. The Bertz CT molecular complexity index is 554. The maximum atomic E-state index is 11.6. The Morgan fingerprint density at radius 3 is 2.70 bits per heavy atom. The number of rotatable bonds is 6. The van der Waals surface area contributed by atoms with Crippen LogP contribution in [0.2, 0.25) is 0 Å². The summed E-state index contributed by atoms with van der Waals surface area (Å²) in [6.07, 6.45) is 4.96. The molecule has 1 atom stereocenters.